The van der Waals surface area contributed by atoms with Gasteiger partial charge in [0.25, 0.3) is 0 Å². The SMILES string of the molecule is COc1ccc(OCCS(=O)(=O)NCc2ccncc2)cc1. The number of sulfonamides is 1. The molecule has 0 spiro atoms. The molecule has 7 heteroatoms. The molecule has 0 bridgehead atoms. The van der Waals surface area contributed by atoms with Crippen molar-refractivity contribution in [2.75, 3.05) is 19.5 Å². The molecular weight excluding hydrogens is 304 g/mol. The summed E-state index contributed by atoms with van der Waals surface area (Å²) in [5.74, 6) is 1.22. The van der Waals surface area contributed by atoms with Gasteiger partial charge >= 0.3 is 0 Å². The Balaban J connectivity index is 1.77. The van der Waals surface area contributed by atoms with E-state index in [1.165, 1.54) is 0 Å². The summed E-state index contributed by atoms with van der Waals surface area (Å²) in [7, 11) is -1.80. The lowest BCUT2D eigenvalue weighted by Gasteiger charge is -2.09. The second-order valence-corrected chi connectivity index (χ2v) is 6.45. The van der Waals surface area contributed by atoms with E-state index in [4.69, 9.17) is 9.47 Å². The zero-order valence-corrected chi connectivity index (χ0v) is 13.0. The highest BCUT2D eigenvalue weighted by Crippen LogP contribution is 2.16. The molecule has 118 valence electrons. The quantitative estimate of drug-likeness (QED) is 0.798. The van der Waals surface area contributed by atoms with Crippen LogP contribution in [-0.2, 0) is 16.6 Å². The van der Waals surface area contributed by atoms with Crippen molar-refractivity contribution in [3.63, 3.8) is 0 Å². The molecule has 0 amide bonds. The Morgan fingerprint density at radius 3 is 2.32 bits per heavy atom. The molecule has 0 saturated carbocycles. The first-order valence-electron chi connectivity index (χ1n) is 6.72. The minimum Gasteiger partial charge on any atom is -0.497 e. The first-order valence-corrected chi connectivity index (χ1v) is 8.37. The molecule has 0 aliphatic rings. The number of rotatable bonds is 8. The predicted molar refractivity (Wildman–Crippen MR) is 83.4 cm³/mol. The van der Waals surface area contributed by atoms with Gasteiger partial charge in [0.05, 0.1) is 12.9 Å². The van der Waals surface area contributed by atoms with E-state index in [9.17, 15) is 8.42 Å². The van der Waals surface area contributed by atoms with E-state index >= 15 is 0 Å². The Hall–Kier alpha value is -2.12. The van der Waals surface area contributed by atoms with Crippen molar-refractivity contribution in [2.24, 2.45) is 0 Å². The predicted octanol–water partition coefficient (Wildman–Crippen LogP) is 1.59. The van der Waals surface area contributed by atoms with Crippen LogP contribution in [0.1, 0.15) is 5.56 Å². The standard InChI is InChI=1S/C15H18N2O4S/c1-20-14-2-4-15(5-3-14)21-10-11-22(18,19)17-12-13-6-8-16-9-7-13/h2-9,17H,10-12H2,1H3. The van der Waals surface area contributed by atoms with E-state index in [2.05, 4.69) is 9.71 Å². The van der Waals surface area contributed by atoms with Gasteiger partial charge in [-0.15, -0.1) is 0 Å². The normalized spacial score (nSPS) is 11.1. The number of nitrogens with one attached hydrogen (secondary N) is 1. The summed E-state index contributed by atoms with van der Waals surface area (Å²) in [6.07, 6.45) is 3.24. The summed E-state index contributed by atoms with van der Waals surface area (Å²) in [5, 5.41) is 0. The summed E-state index contributed by atoms with van der Waals surface area (Å²) < 4.78 is 36.7. The number of hydrogen-bond donors (Lipinski definition) is 1. The highest BCUT2D eigenvalue weighted by molar-refractivity contribution is 7.89. The molecule has 0 fully saturated rings. The van der Waals surface area contributed by atoms with Crippen LogP contribution in [0, 0.1) is 0 Å². The molecule has 1 heterocycles. The molecule has 0 atom stereocenters. The molecule has 0 aliphatic heterocycles. The summed E-state index contributed by atoms with van der Waals surface area (Å²) >= 11 is 0. The van der Waals surface area contributed by atoms with Crippen LogP contribution in [0.4, 0.5) is 0 Å². The molecule has 1 aromatic heterocycles. The van der Waals surface area contributed by atoms with Crippen LogP contribution < -0.4 is 14.2 Å². The summed E-state index contributed by atoms with van der Waals surface area (Å²) in [6, 6.07) is 10.5. The number of pyridine rings is 1. The van der Waals surface area contributed by atoms with Crippen LogP contribution in [0.3, 0.4) is 0 Å². The zero-order valence-electron chi connectivity index (χ0n) is 12.2. The second kappa shape index (κ2) is 7.77. The third-order valence-electron chi connectivity index (χ3n) is 2.93. The van der Waals surface area contributed by atoms with Crippen LogP contribution in [0.2, 0.25) is 0 Å². The van der Waals surface area contributed by atoms with Gasteiger partial charge in [-0.3, -0.25) is 4.98 Å². The minimum atomic E-state index is -3.38. The maximum atomic E-state index is 11.9. The average molecular weight is 322 g/mol. The number of nitrogens with zero attached hydrogens (tertiary/aromatic N) is 1. The fraction of sp³-hybridized carbons (Fsp3) is 0.267. The van der Waals surface area contributed by atoms with Crippen molar-refractivity contribution in [3.8, 4) is 11.5 Å². The lowest BCUT2D eigenvalue weighted by atomic mass is 10.3. The fourth-order valence-electron chi connectivity index (χ4n) is 1.71. The van der Waals surface area contributed by atoms with Gasteiger partial charge in [-0.05, 0) is 42.0 Å². The van der Waals surface area contributed by atoms with Crippen molar-refractivity contribution >= 4 is 10.0 Å². The van der Waals surface area contributed by atoms with Crippen molar-refractivity contribution in [1.29, 1.82) is 0 Å². The highest BCUT2D eigenvalue weighted by atomic mass is 32.2. The third-order valence-corrected chi connectivity index (χ3v) is 4.21. The Labute approximate surface area is 130 Å². The number of aromatic nitrogens is 1. The monoisotopic (exact) mass is 322 g/mol. The zero-order chi connectivity index (χ0) is 15.8. The number of methoxy groups -OCH3 is 1. The molecule has 6 nitrogen and oxygen atoms in total. The summed E-state index contributed by atoms with van der Waals surface area (Å²) in [4.78, 5) is 3.88. The topological polar surface area (TPSA) is 77.5 Å². The largest absolute Gasteiger partial charge is 0.497 e. The van der Waals surface area contributed by atoms with Crippen molar-refractivity contribution in [3.05, 3.63) is 54.4 Å². The Morgan fingerprint density at radius 1 is 1.05 bits per heavy atom. The maximum Gasteiger partial charge on any atom is 0.215 e. The molecule has 0 unspecified atom stereocenters. The smallest absolute Gasteiger partial charge is 0.215 e. The van der Waals surface area contributed by atoms with E-state index in [-0.39, 0.29) is 18.9 Å². The molecule has 0 aliphatic carbocycles. The molecule has 0 radical (unpaired) electrons. The van der Waals surface area contributed by atoms with Gasteiger partial charge in [-0.25, -0.2) is 13.1 Å². The Kier molecular flexibility index (Phi) is 5.74. The number of ether oxygens (including phenoxy) is 2. The lowest BCUT2D eigenvalue weighted by Crippen LogP contribution is -2.28. The van der Waals surface area contributed by atoms with Gasteiger partial charge in [0.1, 0.15) is 18.1 Å². The fourth-order valence-corrected chi connectivity index (χ4v) is 2.54. The molecule has 22 heavy (non-hydrogen) atoms. The van der Waals surface area contributed by atoms with Crippen molar-refractivity contribution in [2.45, 2.75) is 6.54 Å². The van der Waals surface area contributed by atoms with Crippen LogP contribution in [-0.4, -0.2) is 32.9 Å². The summed E-state index contributed by atoms with van der Waals surface area (Å²) in [5.41, 5.74) is 0.856. The van der Waals surface area contributed by atoms with Crippen molar-refractivity contribution in [1.82, 2.24) is 9.71 Å². The number of benzene rings is 1. The lowest BCUT2D eigenvalue weighted by molar-refractivity contribution is 0.339. The van der Waals surface area contributed by atoms with Gasteiger partial charge in [-0.1, -0.05) is 0 Å². The van der Waals surface area contributed by atoms with Crippen LogP contribution in [0.5, 0.6) is 11.5 Å². The van der Waals surface area contributed by atoms with E-state index in [0.717, 1.165) is 11.3 Å². The van der Waals surface area contributed by atoms with Crippen LogP contribution in [0.25, 0.3) is 0 Å². The molecule has 2 aromatic rings. The number of hydrogen-bond acceptors (Lipinski definition) is 5. The minimum absolute atomic E-state index is 0.0814. The second-order valence-electron chi connectivity index (χ2n) is 4.52. The van der Waals surface area contributed by atoms with Gasteiger partial charge in [0, 0.05) is 18.9 Å². The summed E-state index contributed by atoms with van der Waals surface area (Å²) in [6.45, 7) is 0.325. The van der Waals surface area contributed by atoms with Gasteiger partial charge in [0.15, 0.2) is 0 Å². The molecule has 2 rings (SSSR count). The maximum absolute atomic E-state index is 11.9. The highest BCUT2D eigenvalue weighted by Gasteiger charge is 2.10. The van der Waals surface area contributed by atoms with Gasteiger partial charge in [-0.2, -0.15) is 0 Å². The first kappa shape index (κ1) is 16.3. The van der Waals surface area contributed by atoms with Gasteiger partial charge in [0.2, 0.25) is 10.0 Å². The first-order chi connectivity index (χ1) is 10.6. The molecule has 1 aromatic carbocycles. The molecule has 0 saturated heterocycles. The third kappa shape index (κ3) is 5.34. The van der Waals surface area contributed by atoms with E-state index in [1.54, 1.807) is 55.9 Å². The molecular formula is C15H18N2O4S. The van der Waals surface area contributed by atoms with Crippen LogP contribution in [0.15, 0.2) is 48.8 Å². The van der Waals surface area contributed by atoms with E-state index < -0.39 is 10.0 Å². The Bertz CT molecular complexity index is 672. The van der Waals surface area contributed by atoms with E-state index in [0.29, 0.717) is 5.75 Å². The van der Waals surface area contributed by atoms with Crippen molar-refractivity contribution < 1.29 is 17.9 Å². The Morgan fingerprint density at radius 2 is 1.68 bits per heavy atom. The van der Waals surface area contributed by atoms with Crippen LogP contribution >= 0.6 is 0 Å². The average Bonchev–Trinajstić information content (AvgIpc) is 2.55. The molecule has 1 N–H and O–H groups in total. The van der Waals surface area contributed by atoms with E-state index in [1.807, 2.05) is 0 Å². The van der Waals surface area contributed by atoms with Gasteiger partial charge < -0.3 is 9.47 Å².